The summed E-state index contributed by atoms with van der Waals surface area (Å²) < 4.78 is 28.6. The van der Waals surface area contributed by atoms with Gasteiger partial charge >= 0.3 is 11.9 Å². The van der Waals surface area contributed by atoms with Crippen molar-refractivity contribution in [1.82, 2.24) is 0 Å². The number of unbranched alkanes of at least 4 members (excludes halogenated alkanes) is 20. The van der Waals surface area contributed by atoms with Crippen molar-refractivity contribution in [2.24, 2.45) is 0 Å². The highest BCUT2D eigenvalue weighted by Crippen LogP contribution is 2.38. The molecule has 2 aliphatic heterocycles. The third-order valence-corrected chi connectivity index (χ3v) is 10.5. The number of rotatable bonds is 31. The molecule has 13 heteroatoms. The van der Waals surface area contributed by atoms with Crippen molar-refractivity contribution in [3.05, 3.63) is 0 Å². The molecule has 13 nitrogen and oxygen atoms in total. The first-order valence-electron chi connectivity index (χ1n) is 20.9. The second kappa shape index (κ2) is 28.0. The minimum absolute atomic E-state index is 0.0404. The number of carbonyl (C=O) groups excluding carboxylic acids is 2. The Balaban J connectivity index is 1.94. The first-order chi connectivity index (χ1) is 25.7. The Bertz CT molecular complexity index is 954. The molecule has 2 saturated heterocycles. The number of esters is 2. The van der Waals surface area contributed by atoms with Gasteiger partial charge in [-0.25, -0.2) is 0 Å². The standard InChI is InChI=1S/C40H74O13/c1-3-5-7-9-11-13-15-17-19-21-23-25-32(44)50-37-36(48)34(46)30(27-41)49-39(37)53-40(29-43)38(35(47)31(28-42)52-40)51-33(45)26-24-22-20-18-16-14-12-10-8-6-4-2/h30-31,34-39,41-43,46-48H,3-29H2,1-2H3/t30-,31-,34-,35-,36+,37-,38+,39-,40+/m1/s1. The Morgan fingerprint density at radius 2 is 0.962 bits per heavy atom. The number of ether oxygens (including phenoxy) is 5. The van der Waals surface area contributed by atoms with Crippen molar-refractivity contribution in [3.8, 4) is 0 Å². The lowest BCUT2D eigenvalue weighted by molar-refractivity contribution is -0.384. The molecule has 0 amide bonds. The van der Waals surface area contributed by atoms with Gasteiger partial charge in [-0.15, -0.1) is 0 Å². The van der Waals surface area contributed by atoms with Crippen LogP contribution in [0, 0.1) is 0 Å². The van der Waals surface area contributed by atoms with Crippen LogP contribution in [0.5, 0.6) is 0 Å². The third kappa shape index (κ3) is 17.1. The van der Waals surface area contributed by atoms with Gasteiger partial charge in [0, 0.05) is 12.8 Å². The summed E-state index contributed by atoms with van der Waals surface area (Å²) in [6, 6.07) is 0. The maximum absolute atomic E-state index is 13.0. The lowest BCUT2D eigenvalue weighted by Crippen LogP contribution is -2.64. The second-order valence-corrected chi connectivity index (χ2v) is 15.1. The fourth-order valence-corrected chi connectivity index (χ4v) is 7.16. The molecule has 0 aromatic rings. The van der Waals surface area contributed by atoms with Crippen LogP contribution in [0.15, 0.2) is 0 Å². The Morgan fingerprint density at radius 3 is 1.38 bits per heavy atom. The van der Waals surface area contributed by atoms with Crippen LogP contribution in [0.3, 0.4) is 0 Å². The quantitative estimate of drug-likeness (QED) is 0.0403. The molecular weight excluding hydrogens is 688 g/mol. The van der Waals surface area contributed by atoms with Gasteiger partial charge in [0.2, 0.25) is 12.1 Å². The summed E-state index contributed by atoms with van der Waals surface area (Å²) in [5, 5.41) is 62.8. The lowest BCUT2D eigenvalue weighted by atomic mass is 9.98. The van der Waals surface area contributed by atoms with Crippen molar-refractivity contribution in [1.29, 1.82) is 0 Å². The number of aliphatic hydroxyl groups is 6. The summed E-state index contributed by atoms with van der Waals surface area (Å²) in [6.07, 6.45) is 11.6. The van der Waals surface area contributed by atoms with E-state index in [-0.39, 0.29) is 12.8 Å². The molecule has 2 rings (SSSR count). The SMILES string of the molecule is CCCCCCCCCCCCCC(=O)O[C@H]1[C@@H](O[C@]2(CO)O[C@H](CO)[C@@H](O)[C@@H]2OC(=O)CCCCCCCCCCCCC)O[C@H](CO)[C@@H](O)[C@@H]1O. The zero-order chi connectivity index (χ0) is 38.9. The van der Waals surface area contributed by atoms with E-state index in [1.807, 2.05) is 0 Å². The van der Waals surface area contributed by atoms with Gasteiger partial charge in [0.05, 0.1) is 13.2 Å². The van der Waals surface area contributed by atoms with Crippen LogP contribution >= 0.6 is 0 Å². The van der Waals surface area contributed by atoms with Gasteiger partial charge in [0.15, 0.2) is 12.2 Å². The fraction of sp³-hybridized carbons (Fsp3) is 0.950. The van der Waals surface area contributed by atoms with Gasteiger partial charge in [-0.1, -0.05) is 142 Å². The highest BCUT2D eigenvalue weighted by Gasteiger charge is 2.61. The van der Waals surface area contributed by atoms with Crippen LogP contribution in [0.4, 0.5) is 0 Å². The molecule has 2 fully saturated rings. The Morgan fingerprint density at radius 1 is 0.547 bits per heavy atom. The molecule has 0 bridgehead atoms. The van der Waals surface area contributed by atoms with Gasteiger partial charge in [-0.05, 0) is 12.8 Å². The summed E-state index contributed by atoms with van der Waals surface area (Å²) in [4.78, 5) is 25.9. The highest BCUT2D eigenvalue weighted by atomic mass is 16.8. The molecule has 53 heavy (non-hydrogen) atoms. The predicted octanol–water partition coefficient (Wildman–Crippen LogP) is 5.11. The molecule has 0 spiro atoms. The smallest absolute Gasteiger partial charge is 0.306 e. The first kappa shape index (κ1) is 47.7. The van der Waals surface area contributed by atoms with E-state index in [4.69, 9.17) is 23.7 Å². The van der Waals surface area contributed by atoms with Crippen molar-refractivity contribution in [2.45, 2.75) is 223 Å². The van der Waals surface area contributed by atoms with Gasteiger partial charge < -0.3 is 54.3 Å². The predicted molar refractivity (Wildman–Crippen MR) is 199 cm³/mol. The summed E-state index contributed by atoms with van der Waals surface area (Å²) in [7, 11) is 0. The maximum atomic E-state index is 13.0. The van der Waals surface area contributed by atoms with E-state index in [2.05, 4.69) is 13.8 Å². The molecule has 6 N–H and O–H groups in total. The first-order valence-corrected chi connectivity index (χ1v) is 20.9. The molecule has 0 aromatic heterocycles. The molecular formula is C40H74O13. The van der Waals surface area contributed by atoms with Crippen molar-refractivity contribution in [3.63, 3.8) is 0 Å². The minimum Gasteiger partial charge on any atom is -0.454 e. The van der Waals surface area contributed by atoms with E-state index in [1.54, 1.807) is 0 Å². The van der Waals surface area contributed by atoms with E-state index in [0.29, 0.717) is 12.8 Å². The molecule has 0 aromatic carbocycles. The van der Waals surface area contributed by atoms with Crippen LogP contribution in [-0.2, 0) is 33.3 Å². The maximum Gasteiger partial charge on any atom is 0.306 e. The van der Waals surface area contributed by atoms with Gasteiger partial charge in [0.25, 0.3) is 0 Å². The van der Waals surface area contributed by atoms with Crippen LogP contribution in [0.25, 0.3) is 0 Å². The molecule has 312 valence electrons. The summed E-state index contributed by atoms with van der Waals surface area (Å²) in [6.45, 7) is 1.98. The molecule has 0 aliphatic carbocycles. The van der Waals surface area contributed by atoms with Crippen LogP contribution in [0.1, 0.15) is 168 Å². The molecule has 0 unspecified atom stereocenters. The molecule has 2 heterocycles. The van der Waals surface area contributed by atoms with Gasteiger partial charge in [-0.2, -0.15) is 0 Å². The summed E-state index contributed by atoms with van der Waals surface area (Å²) in [5.74, 6) is -3.64. The zero-order valence-corrected chi connectivity index (χ0v) is 32.8. The van der Waals surface area contributed by atoms with E-state index in [0.717, 1.165) is 51.4 Å². The Hall–Kier alpha value is -1.42. The van der Waals surface area contributed by atoms with E-state index >= 15 is 0 Å². The molecule has 2 aliphatic rings. The van der Waals surface area contributed by atoms with Crippen molar-refractivity contribution < 1.29 is 63.9 Å². The average molecular weight is 763 g/mol. The van der Waals surface area contributed by atoms with Crippen molar-refractivity contribution >= 4 is 11.9 Å². The third-order valence-electron chi connectivity index (χ3n) is 10.5. The van der Waals surface area contributed by atoms with E-state index in [9.17, 15) is 40.2 Å². The van der Waals surface area contributed by atoms with Gasteiger partial charge in [0.1, 0.15) is 37.1 Å². The van der Waals surface area contributed by atoms with Crippen LogP contribution in [0.2, 0.25) is 0 Å². The Labute approximate surface area is 318 Å². The molecule has 0 radical (unpaired) electrons. The number of aliphatic hydroxyl groups excluding tert-OH is 6. The second-order valence-electron chi connectivity index (χ2n) is 15.1. The topological polar surface area (TPSA) is 202 Å². The van der Waals surface area contributed by atoms with Crippen molar-refractivity contribution in [2.75, 3.05) is 19.8 Å². The average Bonchev–Trinajstić information content (AvgIpc) is 3.41. The van der Waals surface area contributed by atoms with Crippen LogP contribution in [-0.4, -0.2) is 117 Å². The summed E-state index contributed by atoms with van der Waals surface area (Å²) >= 11 is 0. The molecule has 0 saturated carbocycles. The Kier molecular flexibility index (Phi) is 25.3. The number of carbonyl (C=O) groups is 2. The largest absolute Gasteiger partial charge is 0.454 e. The zero-order valence-electron chi connectivity index (χ0n) is 32.8. The highest BCUT2D eigenvalue weighted by molar-refractivity contribution is 5.70. The monoisotopic (exact) mass is 763 g/mol. The van der Waals surface area contributed by atoms with Gasteiger partial charge in [-0.3, -0.25) is 9.59 Å². The lowest BCUT2D eigenvalue weighted by Gasteiger charge is -2.44. The van der Waals surface area contributed by atoms with E-state index in [1.165, 1.54) is 77.0 Å². The van der Waals surface area contributed by atoms with E-state index < -0.39 is 86.6 Å². The number of hydrogen-bond acceptors (Lipinski definition) is 13. The number of hydrogen-bond donors (Lipinski definition) is 6. The summed E-state index contributed by atoms with van der Waals surface area (Å²) in [5.41, 5.74) is 0. The fourth-order valence-electron chi connectivity index (χ4n) is 7.16. The molecule has 9 atom stereocenters. The van der Waals surface area contributed by atoms with Crippen LogP contribution < -0.4 is 0 Å². The normalized spacial score (nSPS) is 28.7. The minimum atomic E-state index is -2.30.